The highest BCUT2D eigenvalue weighted by atomic mass is 16.9. The van der Waals surface area contributed by atoms with Gasteiger partial charge >= 0.3 is 6.16 Å². The molecule has 14 fully saturated rings. The third kappa shape index (κ3) is 9.46. The predicted octanol–water partition coefficient (Wildman–Crippen LogP) is 2.09. The van der Waals surface area contributed by atoms with Gasteiger partial charge in [-0.2, -0.15) is 4.79 Å². The van der Waals surface area contributed by atoms with E-state index < -0.39 is 28.3 Å². The maximum Gasteiger partial charge on any atom is 0.547 e. The summed E-state index contributed by atoms with van der Waals surface area (Å²) >= 11 is 0. The second kappa shape index (κ2) is 22.2. The van der Waals surface area contributed by atoms with Crippen molar-refractivity contribution in [2.75, 3.05) is 133 Å². The van der Waals surface area contributed by atoms with Gasteiger partial charge in [-0.25, -0.2) is 0 Å². The molecule has 0 spiro atoms. The zero-order valence-electron chi connectivity index (χ0n) is 43.9. The Kier molecular flexibility index (Phi) is 16.3. The van der Waals surface area contributed by atoms with Crippen LogP contribution in [-0.2, 0) is 47.8 Å². The number of piperidine rings is 12. The molecule has 8 bridgehead atoms. The Balaban J connectivity index is 0.880. The van der Waals surface area contributed by atoms with Crippen molar-refractivity contribution in [1.82, 2.24) is 40.4 Å². The van der Waals surface area contributed by atoms with Crippen LogP contribution in [0.3, 0.4) is 0 Å². The van der Waals surface area contributed by atoms with Crippen molar-refractivity contribution < 1.29 is 52.6 Å². The van der Waals surface area contributed by atoms with E-state index in [0.29, 0.717) is 26.2 Å². The van der Waals surface area contributed by atoms with E-state index >= 15 is 0 Å². The zero-order valence-corrected chi connectivity index (χ0v) is 43.9. The third-order valence-corrected chi connectivity index (χ3v) is 20.1. The number of carbonyl (C=O) groups is 5. The molecular weight excluding hydrogens is 925 g/mol. The third-order valence-electron chi connectivity index (χ3n) is 20.1. The minimum Gasteiger partial charge on any atom is -0.382 e. The van der Waals surface area contributed by atoms with Gasteiger partial charge in [-0.1, -0.05) is 25.7 Å². The molecule has 72 heavy (non-hydrogen) atoms. The van der Waals surface area contributed by atoms with Crippen LogP contribution in [-0.4, -0.2) is 238 Å². The van der Waals surface area contributed by atoms with E-state index in [1.54, 1.807) is 28.4 Å². The molecule has 0 amide bonds. The van der Waals surface area contributed by atoms with Gasteiger partial charge in [0.15, 0.2) is 23.1 Å². The van der Waals surface area contributed by atoms with Gasteiger partial charge in [-0.05, 0) is 129 Å². The van der Waals surface area contributed by atoms with E-state index in [0.717, 1.165) is 155 Å². The van der Waals surface area contributed by atoms with Crippen LogP contribution in [0, 0.1) is 23.7 Å². The molecule has 12 saturated heterocycles. The van der Waals surface area contributed by atoms with Crippen molar-refractivity contribution >= 4 is 29.3 Å². The van der Waals surface area contributed by atoms with Crippen molar-refractivity contribution in [2.45, 2.75) is 149 Å². The lowest BCUT2D eigenvalue weighted by Crippen LogP contribution is -2.76. The fourth-order valence-electron chi connectivity index (χ4n) is 16.5. The smallest absolute Gasteiger partial charge is 0.382 e. The van der Waals surface area contributed by atoms with Gasteiger partial charge in [-0.15, -0.1) is 11.0 Å². The number of methoxy groups -OCH3 is 4. The first-order chi connectivity index (χ1) is 35.0. The molecule has 14 aliphatic rings. The number of rotatable bonds is 22. The van der Waals surface area contributed by atoms with E-state index in [9.17, 15) is 24.0 Å². The summed E-state index contributed by atoms with van der Waals surface area (Å²) in [6.07, 6.45) is 12.6. The maximum absolute atomic E-state index is 14.5. The van der Waals surface area contributed by atoms with Crippen LogP contribution in [0.2, 0.25) is 0 Å². The van der Waals surface area contributed by atoms with Crippen LogP contribution >= 0.6 is 0 Å². The van der Waals surface area contributed by atoms with Crippen molar-refractivity contribution in [3.8, 4) is 0 Å². The van der Waals surface area contributed by atoms with Crippen LogP contribution < -0.4 is 11.0 Å². The molecule has 2 N–H and O–H groups in total. The number of ketones is 4. The molecule has 12 heterocycles. The van der Waals surface area contributed by atoms with E-state index in [1.165, 1.54) is 0 Å². The first-order valence-electron chi connectivity index (χ1n) is 28.0. The molecule has 0 aromatic rings. The molecule has 2 saturated carbocycles. The normalized spacial score (nSPS) is 42.5. The summed E-state index contributed by atoms with van der Waals surface area (Å²) in [7, 11) is 6.68. The molecule has 2 aliphatic carbocycles. The highest BCUT2D eigenvalue weighted by Gasteiger charge is 2.61. The molecule has 0 unspecified atom stereocenters. The first kappa shape index (κ1) is 52.9. The summed E-state index contributed by atoms with van der Waals surface area (Å²) in [4.78, 5) is 97.9. The minimum atomic E-state index is -0.909. The largest absolute Gasteiger partial charge is 0.547 e. The summed E-state index contributed by atoms with van der Waals surface area (Å²) in [6, 6.07) is -0.984. The standard InChI is InChI=1S/C53H86N8O11/c1-67-33-50(45(62)37-13-21-58(50)22-14-37)29-56(30-51(34-68-2)46(63)38-15-23-59(51)24-16-38)43-11-7-5-9-41(43)54-71-49(66)72-55-42-10-6-8-12-44(42)57(31-52(35-69-3)47(64)39-17-25-60(52)26-18-39)32-53(36-70-4)48(65)40-19-27-61(53)28-20-40/h37-44,54-55H,5-36H2,1-4H3/t41-,42-,43+,44+,50-,51-,52-,53-/m0/s1. The van der Waals surface area contributed by atoms with Crippen LogP contribution in [0.5, 0.6) is 0 Å². The Morgan fingerprint density at radius 2 is 0.681 bits per heavy atom. The SMILES string of the molecule is COC[C@@]1(CN(C[C@]2(COC)C(=O)C3CCN2CC3)[C@@H]2CCCC[C@@H]2NOC(=O)ON[C@H]2CCCC[C@H]2N(C[C@]2(COC)C(=O)C3CCN2CC3)C[C@]2(COC)C(=O)C3CCN2CC3)C(=O)C2CCN1CC2. The molecule has 19 nitrogen and oxygen atoms in total. The highest BCUT2D eigenvalue weighted by molar-refractivity contribution is 5.95. The maximum atomic E-state index is 14.5. The molecule has 19 heteroatoms. The molecule has 12 aliphatic heterocycles. The van der Waals surface area contributed by atoms with Crippen molar-refractivity contribution in [3.05, 3.63) is 0 Å². The molecule has 404 valence electrons. The molecule has 14 rings (SSSR count). The van der Waals surface area contributed by atoms with Crippen molar-refractivity contribution in [3.63, 3.8) is 0 Å². The molecular formula is C53H86N8O11. The van der Waals surface area contributed by atoms with Gasteiger partial charge in [0, 0.05) is 90.4 Å². The number of hydroxylamine groups is 2. The van der Waals surface area contributed by atoms with E-state index in [-0.39, 0.29) is 97.4 Å². The molecule has 8 atom stereocenters. The topological polar surface area (TPSA) is 184 Å². The lowest BCUT2D eigenvalue weighted by Gasteiger charge is -2.58. The van der Waals surface area contributed by atoms with Gasteiger partial charge in [0.1, 0.15) is 22.2 Å². The van der Waals surface area contributed by atoms with Gasteiger partial charge in [0.25, 0.3) is 0 Å². The number of Topliss-reactive ketones (excluding diaryl/α,β-unsaturated/α-hetero) is 4. The van der Waals surface area contributed by atoms with Gasteiger partial charge in [0.2, 0.25) is 0 Å². The average molecular weight is 1010 g/mol. The number of ether oxygens (including phenoxy) is 4. The van der Waals surface area contributed by atoms with E-state index in [2.05, 4.69) is 40.4 Å². The van der Waals surface area contributed by atoms with Crippen molar-refractivity contribution in [1.29, 1.82) is 0 Å². The summed E-state index contributed by atoms with van der Waals surface area (Å²) in [5.41, 5.74) is 2.91. The van der Waals surface area contributed by atoms with Gasteiger partial charge < -0.3 is 28.6 Å². The number of fused-ring (bicyclic) bond motifs is 12. The summed E-state index contributed by atoms with van der Waals surface area (Å²) in [5, 5.41) is 0. The zero-order chi connectivity index (χ0) is 50.3. The van der Waals surface area contributed by atoms with Gasteiger partial charge in [-0.3, -0.25) is 48.6 Å². The number of nitrogens with zero attached hydrogens (tertiary/aromatic N) is 6. The van der Waals surface area contributed by atoms with E-state index in [4.69, 9.17) is 28.6 Å². The Hall–Kier alpha value is -2.53. The Bertz CT molecular complexity index is 1720. The van der Waals surface area contributed by atoms with Crippen molar-refractivity contribution in [2.24, 2.45) is 23.7 Å². The number of hydrogen-bond donors (Lipinski definition) is 2. The summed E-state index contributed by atoms with van der Waals surface area (Å²) in [5.74, 6) is 0.848. The Morgan fingerprint density at radius 1 is 0.431 bits per heavy atom. The van der Waals surface area contributed by atoms with Crippen LogP contribution in [0.4, 0.5) is 4.79 Å². The fraction of sp³-hybridized carbons (Fsp3) is 0.906. The van der Waals surface area contributed by atoms with Gasteiger partial charge in [0.05, 0.1) is 38.5 Å². The lowest BCUT2D eigenvalue weighted by atomic mass is 9.71. The number of nitrogens with one attached hydrogen (secondary N) is 2. The quantitative estimate of drug-likeness (QED) is 0.150. The first-order valence-corrected chi connectivity index (χ1v) is 28.0. The van der Waals surface area contributed by atoms with Crippen LogP contribution in [0.15, 0.2) is 0 Å². The summed E-state index contributed by atoms with van der Waals surface area (Å²) in [6.45, 7) is 9.26. The summed E-state index contributed by atoms with van der Waals surface area (Å²) < 4.78 is 23.7. The lowest BCUT2D eigenvalue weighted by molar-refractivity contribution is -0.165. The fourth-order valence-corrected chi connectivity index (χ4v) is 16.5. The van der Waals surface area contributed by atoms with Crippen LogP contribution in [0.1, 0.15) is 103 Å². The second-order valence-electron chi connectivity index (χ2n) is 23.8. The second-order valence-corrected chi connectivity index (χ2v) is 23.8. The predicted molar refractivity (Wildman–Crippen MR) is 265 cm³/mol. The Morgan fingerprint density at radius 3 is 0.917 bits per heavy atom. The molecule has 0 radical (unpaired) electrons. The average Bonchev–Trinajstić information content (AvgIpc) is 3.41. The molecule has 0 aromatic heterocycles. The van der Waals surface area contributed by atoms with E-state index in [1.807, 2.05) is 0 Å². The number of hydrogen-bond acceptors (Lipinski definition) is 19. The number of carbonyl (C=O) groups excluding carboxylic acids is 5. The Labute approximate surface area is 427 Å². The van der Waals surface area contributed by atoms with Crippen LogP contribution in [0.25, 0.3) is 0 Å². The minimum absolute atomic E-state index is 0.0130. The monoisotopic (exact) mass is 1010 g/mol. The highest BCUT2D eigenvalue weighted by Crippen LogP contribution is 2.44. The molecule has 0 aromatic carbocycles.